The Morgan fingerprint density at radius 3 is 1.15 bits per heavy atom. The molecule has 0 fully saturated rings. The van der Waals surface area contributed by atoms with E-state index in [4.69, 9.17) is 5.73 Å². The summed E-state index contributed by atoms with van der Waals surface area (Å²) in [6.07, 6.45) is -3.64. The van der Waals surface area contributed by atoms with E-state index in [-0.39, 0.29) is 25.8 Å². The molecule has 8 atom stereocenters. The van der Waals surface area contributed by atoms with Gasteiger partial charge in [-0.05, 0) is 40.3 Å². The highest BCUT2D eigenvalue weighted by Crippen LogP contribution is 2.29. The smallest absolute Gasteiger partial charge is 0.305 e. The van der Waals surface area contributed by atoms with Crippen molar-refractivity contribution < 1.29 is 112 Å². The van der Waals surface area contributed by atoms with Crippen molar-refractivity contribution in [1.82, 2.24) is 58.5 Å². The molecule has 1 aliphatic heterocycles. The van der Waals surface area contributed by atoms with E-state index in [0.29, 0.717) is 22.4 Å². The number of anilines is 1. The van der Waals surface area contributed by atoms with E-state index in [1.807, 2.05) is 67.6 Å². The van der Waals surface area contributed by atoms with Crippen molar-refractivity contribution in [3.8, 4) is 0 Å². The van der Waals surface area contributed by atoms with Gasteiger partial charge in [-0.1, -0.05) is 122 Å². The van der Waals surface area contributed by atoms with Gasteiger partial charge in [0.25, 0.3) is 0 Å². The van der Waals surface area contributed by atoms with Crippen LogP contribution in [0.25, 0.3) is 12.2 Å². The normalized spacial score (nSPS) is 13.9. The molecule has 36 heteroatoms. The van der Waals surface area contributed by atoms with Gasteiger partial charge in [-0.25, -0.2) is 0 Å². The molecule has 5 rings (SSSR count). The third-order valence-electron chi connectivity index (χ3n) is 15.2. The van der Waals surface area contributed by atoms with Crippen LogP contribution in [0.3, 0.4) is 0 Å². The molecule has 0 bridgehead atoms. The summed E-state index contributed by atoms with van der Waals surface area (Å²) in [5.74, 6) is -23.4. The predicted molar refractivity (Wildman–Crippen MR) is 358 cm³/mol. The quantitative estimate of drug-likeness (QED) is 0.0205. The molecule has 0 saturated heterocycles. The number of benzene rings is 4. The Labute approximate surface area is 586 Å². The Kier molecular flexibility index (Phi) is 31.5. The summed E-state index contributed by atoms with van der Waals surface area (Å²) in [6, 6.07) is 15.8. The van der Waals surface area contributed by atoms with Gasteiger partial charge in [0.05, 0.1) is 64.0 Å². The number of aliphatic carboxylic acids is 5. The highest BCUT2D eigenvalue weighted by Gasteiger charge is 2.37. The van der Waals surface area contributed by atoms with Gasteiger partial charge in [0.1, 0.15) is 48.3 Å². The van der Waals surface area contributed by atoms with Crippen LogP contribution in [0.2, 0.25) is 0 Å². The number of para-hydroxylation sites is 1. The van der Waals surface area contributed by atoms with Crippen molar-refractivity contribution in [2.45, 2.75) is 126 Å². The maximum absolute atomic E-state index is 14.2. The zero-order valence-corrected chi connectivity index (χ0v) is 55.2. The number of hydrogen-bond acceptors (Lipinski definition) is 18. The van der Waals surface area contributed by atoms with Gasteiger partial charge in [0.15, 0.2) is 0 Å². The Balaban J connectivity index is 1.15. The summed E-state index contributed by atoms with van der Waals surface area (Å²) < 4.78 is 0. The molecule has 1 heterocycles. The van der Waals surface area contributed by atoms with Crippen molar-refractivity contribution in [1.29, 1.82) is 0 Å². The molecule has 548 valence electrons. The van der Waals surface area contributed by atoms with Crippen LogP contribution in [0.5, 0.6) is 0 Å². The molecule has 18 N–H and O–H groups in total. The molecule has 0 aromatic heterocycles. The van der Waals surface area contributed by atoms with Gasteiger partial charge in [-0.3, -0.25) is 86.3 Å². The Bertz CT molecular complexity index is 3870. The SMILES string of the molecule is CC[C@H](NC(=O)[C@H](Cc1ccccc1)NC(=O)[C@H](Cc1ccccc1)NC(=O)[C@H](CC(=O)O)NC(=O)[C@H](CC(=O)O)NC(=O)[C@H](CC(=O)O)NC(=O)CNC(=O)CNC(=O)CNC(=O)[C@H](CC(=O)O)NC(=O)[C@H](CC(=O)O)NC(=O)CCC(=O)N1Cc2ccccc2/C=C\c2ccccc21)C(N)=O. The average molecular weight is 1430 g/mol. The zero-order chi connectivity index (χ0) is 75.9. The van der Waals surface area contributed by atoms with Gasteiger partial charge >= 0.3 is 29.8 Å². The lowest BCUT2D eigenvalue weighted by Gasteiger charge is -2.27. The fourth-order valence-electron chi connectivity index (χ4n) is 10.1. The van der Waals surface area contributed by atoms with Crippen molar-refractivity contribution in [2.75, 3.05) is 24.5 Å². The highest BCUT2D eigenvalue weighted by atomic mass is 16.4. The van der Waals surface area contributed by atoms with Gasteiger partial charge < -0.3 is 94.7 Å². The van der Waals surface area contributed by atoms with Crippen LogP contribution in [0.1, 0.15) is 86.1 Å². The molecular formula is C67H77N13O23. The van der Waals surface area contributed by atoms with Crippen LogP contribution in [-0.2, 0) is 106 Å². The number of primary amides is 1. The fourth-order valence-corrected chi connectivity index (χ4v) is 10.1. The van der Waals surface area contributed by atoms with E-state index in [2.05, 4.69) is 21.3 Å². The van der Waals surface area contributed by atoms with E-state index in [1.54, 1.807) is 97.9 Å². The Morgan fingerprint density at radius 2 is 0.709 bits per heavy atom. The maximum atomic E-state index is 14.2. The second-order valence-electron chi connectivity index (χ2n) is 23.1. The molecule has 103 heavy (non-hydrogen) atoms. The number of nitrogens with two attached hydrogens (primary N) is 1. The van der Waals surface area contributed by atoms with E-state index >= 15 is 0 Å². The predicted octanol–water partition coefficient (Wildman–Crippen LogP) is -3.54. The average Bonchev–Trinajstić information content (AvgIpc) is 0.806. The molecule has 0 unspecified atom stereocenters. The maximum Gasteiger partial charge on any atom is 0.305 e. The number of carbonyl (C=O) groups is 18. The number of amides is 13. The number of carboxylic acids is 5. The van der Waals surface area contributed by atoms with Crippen LogP contribution in [0, 0.1) is 0 Å². The summed E-state index contributed by atoms with van der Waals surface area (Å²) in [4.78, 5) is 235. The van der Waals surface area contributed by atoms with Crippen molar-refractivity contribution in [3.63, 3.8) is 0 Å². The molecular weight excluding hydrogens is 1350 g/mol. The van der Waals surface area contributed by atoms with Crippen LogP contribution in [-0.4, -0.2) is 200 Å². The molecule has 4 aromatic carbocycles. The first-order valence-corrected chi connectivity index (χ1v) is 31.7. The third kappa shape index (κ3) is 27.7. The number of nitrogens with zero attached hydrogens (tertiary/aromatic N) is 1. The van der Waals surface area contributed by atoms with E-state index in [1.165, 1.54) is 4.90 Å². The van der Waals surface area contributed by atoms with Gasteiger partial charge in [0, 0.05) is 25.7 Å². The highest BCUT2D eigenvalue weighted by molar-refractivity contribution is 6.02. The zero-order valence-electron chi connectivity index (χ0n) is 55.2. The monoisotopic (exact) mass is 1430 g/mol. The molecule has 4 aromatic rings. The topological polar surface area (TPSA) is 570 Å². The van der Waals surface area contributed by atoms with Crippen LogP contribution < -0.4 is 69.1 Å². The molecule has 0 saturated carbocycles. The van der Waals surface area contributed by atoms with E-state index < -0.39 is 220 Å². The lowest BCUT2D eigenvalue weighted by molar-refractivity contribution is -0.144. The molecule has 13 amide bonds. The van der Waals surface area contributed by atoms with Crippen LogP contribution in [0.15, 0.2) is 109 Å². The molecule has 1 aliphatic rings. The minimum absolute atomic E-state index is 0.0768. The second kappa shape index (κ2) is 40.2. The summed E-state index contributed by atoms with van der Waals surface area (Å²) in [5, 5.41) is 71.9. The number of carboxylic acid groups (broad SMARTS) is 5. The standard InChI is InChI=1S/C67H77N13O23/c1-2-41(60(68)96)74-62(98)42(25-36-13-5-3-6-14-36)75-63(99)43(26-37-15-7-4-8-16-37)76-66(102)47(30-58(92)93)79-67(103)48(31-59(94)95)78-65(101)46(29-57(90)91)73-53(84)34-70-51(82)32-69-52(83)33-71-61(97)44(27-55(86)87)77-64(100)45(28-56(88)89)72-50(81)23-24-54(85)80-35-40-19-10-9-17-38(40)21-22-39-18-11-12-20-49(39)80/h3-22,41-48H,2,23-35H2,1H3,(H2,68,96)(H,69,83)(H,70,82)(H,71,97)(H,72,81)(H,73,84)(H,74,98)(H,75,99)(H,76,102)(H,77,100)(H,78,101)(H,79,103)(H,86,87)(H,88,89)(H,90,91)(H,92,93)(H,94,95)/b22-21-/t41-,42-,43-,44-,45-,46-,47-,48-/m0/s1. The van der Waals surface area contributed by atoms with E-state index in [9.17, 15) is 112 Å². The van der Waals surface area contributed by atoms with Crippen molar-refractivity contribution in [2.24, 2.45) is 5.73 Å². The Morgan fingerprint density at radius 1 is 0.369 bits per heavy atom. The first-order chi connectivity index (χ1) is 48.9. The Hall–Kier alpha value is -12.9. The molecule has 0 radical (unpaired) electrons. The third-order valence-corrected chi connectivity index (χ3v) is 15.2. The lowest BCUT2D eigenvalue weighted by atomic mass is 10.0. The van der Waals surface area contributed by atoms with Crippen LogP contribution in [0.4, 0.5) is 5.69 Å². The number of fused-ring (bicyclic) bond motifs is 2. The first-order valence-electron chi connectivity index (χ1n) is 31.7. The summed E-state index contributed by atoms with van der Waals surface area (Å²) in [7, 11) is 0. The van der Waals surface area contributed by atoms with Crippen molar-refractivity contribution >= 4 is 124 Å². The number of hydrogen-bond donors (Lipinski definition) is 17. The minimum Gasteiger partial charge on any atom is -0.481 e. The van der Waals surface area contributed by atoms with Gasteiger partial charge in [-0.15, -0.1) is 0 Å². The fraction of sp³-hybridized carbons (Fsp3) is 0.343. The largest absolute Gasteiger partial charge is 0.481 e. The van der Waals surface area contributed by atoms with Gasteiger partial charge in [-0.2, -0.15) is 0 Å². The number of rotatable bonds is 40. The van der Waals surface area contributed by atoms with Crippen molar-refractivity contribution in [3.05, 3.63) is 137 Å². The summed E-state index contributed by atoms with van der Waals surface area (Å²) in [6.45, 7) is -1.31. The summed E-state index contributed by atoms with van der Waals surface area (Å²) in [5.41, 5.74) is 9.31. The lowest BCUT2D eigenvalue weighted by Crippen LogP contribution is -2.60. The van der Waals surface area contributed by atoms with Crippen LogP contribution >= 0.6 is 0 Å². The minimum atomic E-state index is -2.26. The molecule has 36 nitrogen and oxygen atoms in total. The van der Waals surface area contributed by atoms with Gasteiger partial charge in [0.2, 0.25) is 76.8 Å². The van der Waals surface area contributed by atoms with E-state index in [0.717, 1.165) is 11.1 Å². The number of carbonyl (C=O) groups excluding carboxylic acids is 13. The summed E-state index contributed by atoms with van der Waals surface area (Å²) >= 11 is 0. The number of nitrogens with one attached hydrogen (secondary N) is 11. The molecule has 0 aliphatic carbocycles. The second-order valence-corrected chi connectivity index (χ2v) is 23.1. The first kappa shape index (κ1) is 80.8. The molecule has 0 spiro atoms.